The number of methoxy groups -OCH3 is 1. The molecule has 0 spiro atoms. The number of rotatable bonds is 8. The van der Waals surface area contributed by atoms with Crippen LogP contribution in [-0.4, -0.2) is 56.5 Å². The Bertz CT molecular complexity index is 434. The summed E-state index contributed by atoms with van der Waals surface area (Å²) >= 11 is 0. The number of likely N-dealkylation sites (N-methyl/N-ethyl adjacent to an activating group) is 1. The van der Waals surface area contributed by atoms with Crippen LogP contribution in [-0.2, 0) is 6.42 Å². The molecule has 0 saturated heterocycles. The molecule has 2 N–H and O–H groups in total. The van der Waals surface area contributed by atoms with Gasteiger partial charge < -0.3 is 24.8 Å². The Morgan fingerprint density at radius 3 is 2.95 bits per heavy atom. The molecule has 0 atom stereocenters. The third-order valence-corrected chi connectivity index (χ3v) is 3.80. The van der Waals surface area contributed by atoms with Crippen molar-refractivity contribution in [3.63, 3.8) is 0 Å². The molecule has 1 aliphatic heterocycles. The van der Waals surface area contributed by atoms with Crippen LogP contribution in [0.4, 0.5) is 5.69 Å². The molecule has 1 aromatic carbocycles. The normalized spacial score (nSPS) is 13.5. The summed E-state index contributed by atoms with van der Waals surface area (Å²) in [4.78, 5) is 2.26. The van der Waals surface area contributed by atoms with Gasteiger partial charge in [0.05, 0.1) is 19.4 Å². The van der Waals surface area contributed by atoms with Crippen molar-refractivity contribution in [2.45, 2.75) is 19.8 Å². The number of benzene rings is 1. The van der Waals surface area contributed by atoms with Gasteiger partial charge in [0, 0.05) is 13.1 Å². The highest BCUT2D eigenvalue weighted by atomic mass is 16.5. The molecule has 0 saturated carbocycles. The number of hydrogen-bond acceptors (Lipinski definition) is 5. The van der Waals surface area contributed by atoms with E-state index in [4.69, 9.17) is 14.6 Å². The quantitative estimate of drug-likeness (QED) is 0.765. The number of aliphatic hydroxyl groups excluding tert-OH is 1. The van der Waals surface area contributed by atoms with E-state index >= 15 is 0 Å². The largest absolute Gasteiger partial charge is 0.493 e. The zero-order chi connectivity index (χ0) is 15.1. The zero-order valence-electron chi connectivity index (χ0n) is 13.0. The van der Waals surface area contributed by atoms with Gasteiger partial charge >= 0.3 is 0 Å². The first kappa shape index (κ1) is 15.9. The van der Waals surface area contributed by atoms with Gasteiger partial charge in [0.1, 0.15) is 6.61 Å². The second-order valence-electron chi connectivity index (χ2n) is 5.21. The highest BCUT2D eigenvalue weighted by Gasteiger charge is 2.16. The van der Waals surface area contributed by atoms with Gasteiger partial charge in [-0.2, -0.15) is 0 Å². The van der Waals surface area contributed by atoms with Crippen molar-refractivity contribution in [1.82, 2.24) is 4.90 Å². The second kappa shape index (κ2) is 8.10. The van der Waals surface area contributed by atoms with Crippen molar-refractivity contribution in [3.05, 3.63) is 17.7 Å². The summed E-state index contributed by atoms with van der Waals surface area (Å²) < 4.78 is 11.1. The molecule has 5 nitrogen and oxygen atoms in total. The third-order valence-electron chi connectivity index (χ3n) is 3.80. The molecular formula is C16H26N2O3. The standard InChI is InChI=1S/C16H26N2O3/c1-3-18(8-9-19)7-4-5-13-11-14-16(15(12-13)20-2)21-10-6-17-14/h11-12,17,19H,3-10H2,1-2H3. The lowest BCUT2D eigenvalue weighted by Gasteiger charge is -2.23. The fraction of sp³-hybridized carbons (Fsp3) is 0.625. The van der Waals surface area contributed by atoms with Crippen molar-refractivity contribution < 1.29 is 14.6 Å². The van der Waals surface area contributed by atoms with Crippen LogP contribution in [0.2, 0.25) is 0 Å². The van der Waals surface area contributed by atoms with Crippen LogP contribution in [0.25, 0.3) is 0 Å². The van der Waals surface area contributed by atoms with E-state index in [1.54, 1.807) is 7.11 Å². The Labute approximate surface area is 126 Å². The summed E-state index contributed by atoms with van der Waals surface area (Å²) in [6.07, 6.45) is 2.06. The molecule has 0 aromatic heterocycles. The fourth-order valence-electron chi connectivity index (χ4n) is 2.65. The molecule has 5 heteroatoms. The van der Waals surface area contributed by atoms with Crippen molar-refractivity contribution in [2.75, 3.05) is 51.8 Å². The van der Waals surface area contributed by atoms with Crippen LogP contribution in [0.15, 0.2) is 12.1 Å². The molecule has 2 rings (SSSR count). The van der Waals surface area contributed by atoms with E-state index in [0.717, 1.165) is 56.2 Å². The molecule has 0 aliphatic carbocycles. The zero-order valence-corrected chi connectivity index (χ0v) is 13.0. The summed E-state index contributed by atoms with van der Waals surface area (Å²) in [5.41, 5.74) is 2.28. The summed E-state index contributed by atoms with van der Waals surface area (Å²) in [6, 6.07) is 4.22. The summed E-state index contributed by atoms with van der Waals surface area (Å²) in [5, 5.41) is 12.4. The van der Waals surface area contributed by atoms with Gasteiger partial charge in [0.15, 0.2) is 11.5 Å². The Morgan fingerprint density at radius 2 is 2.24 bits per heavy atom. The lowest BCUT2D eigenvalue weighted by molar-refractivity contribution is 0.200. The van der Waals surface area contributed by atoms with E-state index in [0.29, 0.717) is 6.61 Å². The lowest BCUT2D eigenvalue weighted by Crippen LogP contribution is -2.28. The second-order valence-corrected chi connectivity index (χ2v) is 5.21. The Hall–Kier alpha value is -1.46. The van der Waals surface area contributed by atoms with Gasteiger partial charge in [0.2, 0.25) is 0 Å². The van der Waals surface area contributed by atoms with E-state index in [1.165, 1.54) is 5.56 Å². The number of hydrogen-bond donors (Lipinski definition) is 2. The van der Waals surface area contributed by atoms with Gasteiger partial charge in [0.25, 0.3) is 0 Å². The van der Waals surface area contributed by atoms with Gasteiger partial charge in [-0.25, -0.2) is 0 Å². The number of fused-ring (bicyclic) bond motifs is 1. The van der Waals surface area contributed by atoms with Crippen molar-refractivity contribution in [3.8, 4) is 11.5 Å². The average Bonchev–Trinajstić information content (AvgIpc) is 2.53. The summed E-state index contributed by atoms with van der Waals surface area (Å²) in [6.45, 7) is 6.58. The first-order valence-corrected chi connectivity index (χ1v) is 7.69. The molecule has 1 aromatic rings. The fourth-order valence-corrected chi connectivity index (χ4v) is 2.65. The molecule has 0 unspecified atom stereocenters. The topological polar surface area (TPSA) is 54.0 Å². The van der Waals surface area contributed by atoms with Crippen molar-refractivity contribution >= 4 is 5.69 Å². The Kier molecular flexibility index (Phi) is 6.14. The molecule has 0 bridgehead atoms. The number of aryl methyl sites for hydroxylation is 1. The van der Waals surface area contributed by atoms with E-state index in [9.17, 15) is 0 Å². The summed E-state index contributed by atoms with van der Waals surface area (Å²) in [7, 11) is 1.68. The monoisotopic (exact) mass is 294 g/mol. The van der Waals surface area contributed by atoms with E-state index in [1.807, 2.05) is 0 Å². The van der Waals surface area contributed by atoms with Crippen LogP contribution in [0.5, 0.6) is 11.5 Å². The Morgan fingerprint density at radius 1 is 1.38 bits per heavy atom. The average molecular weight is 294 g/mol. The number of nitrogens with zero attached hydrogens (tertiary/aromatic N) is 1. The number of aliphatic hydroxyl groups is 1. The molecule has 0 fully saturated rings. The van der Waals surface area contributed by atoms with Crippen molar-refractivity contribution in [1.29, 1.82) is 0 Å². The number of ether oxygens (including phenoxy) is 2. The summed E-state index contributed by atoms with van der Waals surface area (Å²) in [5.74, 6) is 1.63. The SMILES string of the molecule is CCN(CCO)CCCc1cc2c(c(OC)c1)OCCN2. The smallest absolute Gasteiger partial charge is 0.184 e. The molecule has 21 heavy (non-hydrogen) atoms. The van der Waals surface area contributed by atoms with Crippen LogP contribution >= 0.6 is 0 Å². The maximum Gasteiger partial charge on any atom is 0.184 e. The van der Waals surface area contributed by atoms with E-state index < -0.39 is 0 Å². The predicted octanol–water partition coefficient (Wildman–Crippen LogP) is 1.75. The van der Waals surface area contributed by atoms with Gasteiger partial charge in [-0.1, -0.05) is 6.92 Å². The van der Waals surface area contributed by atoms with Crippen LogP contribution in [0.1, 0.15) is 18.9 Å². The minimum Gasteiger partial charge on any atom is -0.493 e. The molecular weight excluding hydrogens is 268 g/mol. The van der Waals surface area contributed by atoms with Gasteiger partial charge in [-0.3, -0.25) is 0 Å². The molecule has 0 amide bonds. The maximum absolute atomic E-state index is 9.00. The molecule has 1 heterocycles. The third kappa shape index (κ3) is 4.25. The van der Waals surface area contributed by atoms with Crippen LogP contribution in [0.3, 0.4) is 0 Å². The van der Waals surface area contributed by atoms with Crippen LogP contribution in [0, 0.1) is 0 Å². The van der Waals surface area contributed by atoms with Gasteiger partial charge in [-0.05, 0) is 43.6 Å². The lowest BCUT2D eigenvalue weighted by atomic mass is 10.1. The minimum atomic E-state index is 0.224. The highest BCUT2D eigenvalue weighted by molar-refractivity contribution is 5.66. The molecule has 0 radical (unpaired) electrons. The number of nitrogens with one attached hydrogen (secondary N) is 1. The van der Waals surface area contributed by atoms with E-state index in [2.05, 4.69) is 29.3 Å². The van der Waals surface area contributed by atoms with Crippen molar-refractivity contribution in [2.24, 2.45) is 0 Å². The van der Waals surface area contributed by atoms with E-state index in [-0.39, 0.29) is 6.61 Å². The minimum absolute atomic E-state index is 0.224. The Balaban J connectivity index is 1.97. The highest BCUT2D eigenvalue weighted by Crippen LogP contribution is 2.38. The molecule has 1 aliphatic rings. The first-order valence-electron chi connectivity index (χ1n) is 7.69. The van der Waals surface area contributed by atoms with Gasteiger partial charge in [-0.15, -0.1) is 0 Å². The predicted molar refractivity (Wildman–Crippen MR) is 84.5 cm³/mol. The molecule has 118 valence electrons. The maximum atomic E-state index is 9.00. The number of anilines is 1. The first-order chi connectivity index (χ1) is 10.3. The van der Waals surface area contributed by atoms with Crippen LogP contribution < -0.4 is 14.8 Å².